The summed E-state index contributed by atoms with van der Waals surface area (Å²) in [5.74, 6) is -0.355. The molecule has 2 amide bonds. The average molecular weight is 591 g/mol. The molecule has 5 rings (SSSR count). The van der Waals surface area contributed by atoms with Gasteiger partial charge in [-0.25, -0.2) is 4.79 Å². The first-order valence-electron chi connectivity index (χ1n) is 13.2. The molecule has 0 aliphatic heterocycles. The molecule has 6 nitrogen and oxygen atoms in total. The number of thiophene rings is 2. The summed E-state index contributed by atoms with van der Waals surface area (Å²) in [5.41, 5.74) is 3.45. The summed E-state index contributed by atoms with van der Waals surface area (Å²) in [6.45, 7) is 1.96. The molecule has 40 heavy (non-hydrogen) atoms. The highest BCUT2D eigenvalue weighted by atomic mass is 32.2. The second-order valence-electron chi connectivity index (χ2n) is 9.51. The molecule has 1 aliphatic carbocycles. The third-order valence-electron chi connectivity index (χ3n) is 6.94. The number of carbonyl (C=O) groups is 3. The maximum atomic E-state index is 13.5. The van der Waals surface area contributed by atoms with E-state index in [-0.39, 0.29) is 17.1 Å². The molecule has 2 unspecified atom stereocenters. The predicted molar refractivity (Wildman–Crippen MR) is 164 cm³/mol. The lowest BCUT2D eigenvalue weighted by molar-refractivity contribution is -0.115. The smallest absolute Gasteiger partial charge is 0.341 e. The van der Waals surface area contributed by atoms with Crippen molar-refractivity contribution in [1.82, 2.24) is 0 Å². The van der Waals surface area contributed by atoms with Gasteiger partial charge in [-0.1, -0.05) is 49.4 Å². The molecule has 9 heteroatoms. The van der Waals surface area contributed by atoms with E-state index in [0.717, 1.165) is 34.6 Å². The van der Waals surface area contributed by atoms with Crippen LogP contribution in [0.2, 0.25) is 0 Å². The molecule has 4 aromatic rings. The Labute approximate surface area is 246 Å². The van der Waals surface area contributed by atoms with Gasteiger partial charge in [0.05, 0.1) is 22.8 Å². The van der Waals surface area contributed by atoms with Gasteiger partial charge in [-0.15, -0.1) is 34.4 Å². The number of fused-ring (bicyclic) bond motifs is 1. The largest absolute Gasteiger partial charge is 0.465 e. The zero-order valence-electron chi connectivity index (χ0n) is 22.3. The summed E-state index contributed by atoms with van der Waals surface area (Å²) in [6, 6.07) is 21.6. The molecule has 0 radical (unpaired) electrons. The lowest BCUT2D eigenvalue weighted by Gasteiger charge is -2.22. The number of ether oxygens (including phenoxy) is 1. The van der Waals surface area contributed by atoms with E-state index in [1.165, 1.54) is 47.1 Å². The molecule has 2 N–H and O–H groups in total. The number of amides is 2. The lowest BCUT2D eigenvalue weighted by atomic mass is 9.83. The highest BCUT2D eigenvalue weighted by molar-refractivity contribution is 8.00. The van der Waals surface area contributed by atoms with Crippen LogP contribution in [0.1, 0.15) is 61.7 Å². The first-order chi connectivity index (χ1) is 19.5. The lowest BCUT2D eigenvalue weighted by Crippen LogP contribution is -2.25. The molecule has 0 fully saturated rings. The SMILES string of the molecule is CCC(Sc1cccc(NC(=O)c2cccs2)c1)C(=O)Nc1sc2c(c1C(=O)OC)CCC(c1ccccc1)C2. The number of hydrogen-bond donors (Lipinski definition) is 2. The van der Waals surface area contributed by atoms with Crippen molar-refractivity contribution < 1.29 is 19.1 Å². The highest BCUT2D eigenvalue weighted by Gasteiger charge is 2.31. The Bertz CT molecular complexity index is 1500. The van der Waals surface area contributed by atoms with Crippen molar-refractivity contribution in [2.75, 3.05) is 17.7 Å². The van der Waals surface area contributed by atoms with Crippen LogP contribution in [0.5, 0.6) is 0 Å². The van der Waals surface area contributed by atoms with Crippen molar-refractivity contribution in [3.63, 3.8) is 0 Å². The van der Waals surface area contributed by atoms with E-state index in [2.05, 4.69) is 34.9 Å². The Morgan fingerprint density at radius 2 is 1.88 bits per heavy atom. The monoisotopic (exact) mass is 590 g/mol. The van der Waals surface area contributed by atoms with E-state index >= 15 is 0 Å². The van der Waals surface area contributed by atoms with Crippen LogP contribution in [0.4, 0.5) is 10.7 Å². The number of esters is 1. The van der Waals surface area contributed by atoms with E-state index < -0.39 is 5.97 Å². The summed E-state index contributed by atoms with van der Waals surface area (Å²) in [4.78, 5) is 41.4. The van der Waals surface area contributed by atoms with Crippen molar-refractivity contribution in [3.8, 4) is 0 Å². The quantitative estimate of drug-likeness (QED) is 0.155. The van der Waals surface area contributed by atoms with Crippen molar-refractivity contribution in [1.29, 1.82) is 0 Å². The van der Waals surface area contributed by atoms with Gasteiger partial charge in [0.25, 0.3) is 5.91 Å². The number of hydrogen-bond acceptors (Lipinski definition) is 7. The number of methoxy groups -OCH3 is 1. The highest BCUT2D eigenvalue weighted by Crippen LogP contribution is 2.43. The summed E-state index contributed by atoms with van der Waals surface area (Å²) in [7, 11) is 1.38. The first-order valence-corrected chi connectivity index (χ1v) is 15.7. The van der Waals surface area contributed by atoms with Gasteiger partial charge in [-0.3, -0.25) is 9.59 Å². The number of nitrogens with one attached hydrogen (secondary N) is 2. The fraction of sp³-hybridized carbons (Fsp3) is 0.258. The van der Waals surface area contributed by atoms with Crippen molar-refractivity contribution in [2.45, 2.75) is 48.7 Å². The zero-order chi connectivity index (χ0) is 28.1. The Balaban J connectivity index is 1.31. The molecule has 206 valence electrons. The molecular weight excluding hydrogens is 561 g/mol. The van der Waals surface area contributed by atoms with Gasteiger partial charge in [0.1, 0.15) is 5.00 Å². The Hall–Kier alpha value is -3.40. The van der Waals surface area contributed by atoms with Gasteiger partial charge in [-0.2, -0.15) is 0 Å². The maximum Gasteiger partial charge on any atom is 0.341 e. The fourth-order valence-corrected chi connectivity index (χ4v) is 7.88. The minimum atomic E-state index is -0.416. The van der Waals surface area contributed by atoms with Gasteiger partial charge in [0, 0.05) is 15.5 Å². The molecule has 2 heterocycles. The van der Waals surface area contributed by atoms with Crippen LogP contribution in [-0.4, -0.2) is 30.1 Å². The average Bonchev–Trinajstić information content (AvgIpc) is 3.64. The number of benzene rings is 2. The summed E-state index contributed by atoms with van der Waals surface area (Å²) in [6.07, 6.45) is 3.14. The Morgan fingerprint density at radius 1 is 1.05 bits per heavy atom. The van der Waals surface area contributed by atoms with E-state index in [9.17, 15) is 14.4 Å². The van der Waals surface area contributed by atoms with Crippen LogP contribution in [0.15, 0.2) is 77.0 Å². The van der Waals surface area contributed by atoms with Crippen LogP contribution in [0, 0.1) is 0 Å². The third-order valence-corrected chi connectivity index (χ3v) is 10.3. The number of rotatable bonds is 9. The third kappa shape index (κ3) is 6.32. The predicted octanol–water partition coefficient (Wildman–Crippen LogP) is 7.63. The molecule has 0 saturated carbocycles. The minimum Gasteiger partial charge on any atom is -0.465 e. The van der Waals surface area contributed by atoms with Crippen LogP contribution < -0.4 is 10.6 Å². The zero-order valence-corrected chi connectivity index (χ0v) is 24.7. The van der Waals surface area contributed by atoms with Crippen LogP contribution in [-0.2, 0) is 22.4 Å². The maximum absolute atomic E-state index is 13.5. The summed E-state index contributed by atoms with van der Waals surface area (Å²) >= 11 is 4.31. The van der Waals surface area contributed by atoms with Gasteiger partial charge in [0.15, 0.2) is 0 Å². The molecular formula is C31H30N2O4S3. The number of anilines is 2. The van der Waals surface area contributed by atoms with Crippen molar-refractivity contribution in [2.24, 2.45) is 0 Å². The molecule has 2 aromatic carbocycles. The standard InChI is InChI=1S/C31H30N2O4S3/c1-3-24(39-22-12-7-11-21(18-22)32-29(35)25-13-8-16-38-25)28(34)33-30-27(31(36)37-2)23-15-14-20(17-26(23)40-30)19-9-5-4-6-10-19/h4-13,16,18,20,24H,3,14-15,17H2,1-2H3,(H,32,35)(H,33,34). The molecule has 1 aliphatic rings. The molecule has 0 bridgehead atoms. The fourth-order valence-electron chi connectivity index (χ4n) is 4.93. The van der Waals surface area contributed by atoms with Crippen molar-refractivity contribution in [3.05, 3.63) is 98.6 Å². The van der Waals surface area contributed by atoms with Gasteiger partial charge in [-0.05, 0) is 72.4 Å². The molecule has 2 aromatic heterocycles. The van der Waals surface area contributed by atoms with Gasteiger partial charge >= 0.3 is 5.97 Å². The molecule has 0 spiro atoms. The van der Waals surface area contributed by atoms with E-state index in [0.29, 0.717) is 33.5 Å². The normalized spacial score (nSPS) is 15.1. The topological polar surface area (TPSA) is 84.5 Å². The summed E-state index contributed by atoms with van der Waals surface area (Å²) < 4.78 is 5.13. The van der Waals surface area contributed by atoms with Crippen LogP contribution in [0.25, 0.3) is 0 Å². The number of carbonyl (C=O) groups excluding carboxylic acids is 3. The summed E-state index contributed by atoms with van der Waals surface area (Å²) in [5, 5.41) is 8.03. The minimum absolute atomic E-state index is 0.159. The molecule has 0 saturated heterocycles. The van der Waals surface area contributed by atoms with E-state index in [1.54, 1.807) is 6.07 Å². The van der Waals surface area contributed by atoms with Crippen LogP contribution in [0.3, 0.4) is 0 Å². The first kappa shape index (κ1) is 28.1. The van der Waals surface area contributed by atoms with E-state index in [4.69, 9.17) is 4.74 Å². The second kappa shape index (κ2) is 12.8. The Kier molecular flexibility index (Phi) is 9.04. The molecule has 2 atom stereocenters. The van der Waals surface area contributed by atoms with Crippen LogP contribution >= 0.6 is 34.4 Å². The number of thioether (sulfide) groups is 1. The Morgan fingerprint density at radius 3 is 2.60 bits per heavy atom. The van der Waals surface area contributed by atoms with E-state index in [1.807, 2.05) is 48.7 Å². The van der Waals surface area contributed by atoms with Crippen molar-refractivity contribution >= 4 is 62.9 Å². The second-order valence-corrected chi connectivity index (χ2v) is 12.8. The van der Waals surface area contributed by atoms with Gasteiger partial charge in [0.2, 0.25) is 5.91 Å². The van der Waals surface area contributed by atoms with Gasteiger partial charge < -0.3 is 15.4 Å².